The Morgan fingerprint density at radius 3 is 2.47 bits per heavy atom. The van der Waals surface area contributed by atoms with Crippen LogP contribution < -0.4 is 0 Å². The first-order valence-corrected chi connectivity index (χ1v) is 14.5. The normalized spacial score (nSPS) is 56.5. The van der Waals surface area contributed by atoms with Crippen molar-refractivity contribution in [2.24, 2.45) is 34.5 Å². The molecule has 0 spiro atoms. The van der Waals surface area contributed by atoms with Crippen LogP contribution in [0.3, 0.4) is 0 Å². The molecule has 1 saturated heterocycles. The third-order valence-corrected chi connectivity index (χ3v) is 12.0. The predicted molar refractivity (Wildman–Crippen MR) is 134 cm³/mol. The minimum atomic E-state index is -1.32. The van der Waals surface area contributed by atoms with E-state index in [1.807, 2.05) is 0 Å². The van der Waals surface area contributed by atoms with Crippen molar-refractivity contribution in [2.75, 3.05) is 6.61 Å². The van der Waals surface area contributed by atoms with Crippen molar-refractivity contribution >= 4 is 5.97 Å². The smallest absolute Gasteiger partial charge is 0.331 e. The Hall–Kier alpha value is -1.07. The van der Waals surface area contributed by atoms with E-state index in [0.29, 0.717) is 18.8 Å². The Balaban J connectivity index is 1.19. The van der Waals surface area contributed by atoms with Gasteiger partial charge in [0, 0.05) is 11.5 Å². The molecule has 5 N–H and O–H groups in total. The van der Waals surface area contributed by atoms with Gasteiger partial charge in [-0.15, -0.1) is 0 Å². The fraction of sp³-hybridized carbons (Fsp3) is 0.897. The van der Waals surface area contributed by atoms with Gasteiger partial charge in [0.2, 0.25) is 0 Å². The number of hydrogen-bond donors (Lipinski definition) is 5. The maximum Gasteiger partial charge on any atom is 0.331 e. The number of rotatable bonds is 3. The summed E-state index contributed by atoms with van der Waals surface area (Å²) >= 11 is 0. The van der Waals surface area contributed by atoms with Crippen LogP contribution in [0.5, 0.6) is 0 Å². The quantitative estimate of drug-likeness (QED) is 0.267. The number of ether oxygens (including phenoxy) is 3. The molecule has 9 heteroatoms. The number of cyclic esters (lactones) is 1. The molecule has 14 atom stereocenters. The van der Waals surface area contributed by atoms with E-state index in [2.05, 4.69) is 13.8 Å². The Bertz CT molecular complexity index is 985. The molecule has 2 aliphatic heterocycles. The van der Waals surface area contributed by atoms with Gasteiger partial charge >= 0.3 is 5.97 Å². The highest BCUT2D eigenvalue weighted by atomic mass is 16.7. The van der Waals surface area contributed by atoms with Crippen molar-refractivity contribution in [1.29, 1.82) is 0 Å². The predicted octanol–water partition coefficient (Wildman–Crippen LogP) is 1.43. The second-order valence-corrected chi connectivity index (χ2v) is 13.7. The Labute approximate surface area is 224 Å². The highest BCUT2D eigenvalue weighted by Crippen LogP contribution is 2.70. The molecule has 4 saturated carbocycles. The van der Waals surface area contributed by atoms with Gasteiger partial charge in [-0.05, 0) is 93.0 Å². The number of aliphatic hydroxyl groups excluding tert-OH is 4. The Morgan fingerprint density at radius 2 is 1.76 bits per heavy atom. The van der Waals surface area contributed by atoms with Crippen LogP contribution in [0.1, 0.15) is 72.1 Å². The highest BCUT2D eigenvalue weighted by Gasteiger charge is 2.70. The van der Waals surface area contributed by atoms with Crippen LogP contribution in [0.4, 0.5) is 0 Å². The lowest BCUT2D eigenvalue weighted by atomic mass is 9.42. The minimum Gasteiger partial charge on any atom is -0.458 e. The average molecular weight is 537 g/mol. The summed E-state index contributed by atoms with van der Waals surface area (Å²) in [6.07, 6.45) is 1.49. The largest absolute Gasteiger partial charge is 0.458 e. The van der Waals surface area contributed by atoms with Crippen molar-refractivity contribution < 1.29 is 44.5 Å². The molecule has 0 amide bonds. The molecule has 0 bridgehead atoms. The van der Waals surface area contributed by atoms with Crippen LogP contribution in [-0.4, -0.2) is 86.6 Å². The molecule has 3 unspecified atom stereocenters. The zero-order valence-corrected chi connectivity index (χ0v) is 22.7. The third-order valence-electron chi connectivity index (χ3n) is 12.0. The standard InChI is InChI=1S/C29H44O9/c1-14-23(32)24(33)25(34)26(37-14)38-17-6-8-27(2)16(11-17)4-5-19-22(27)20(30)12-28(3)18(7-9-29(19,28)35)15-10-21(31)36-13-15/h10,14,16-20,22-26,30,32-35H,4-9,11-13H2,1-3H3/t14-,16+,17-,18?,19+,20?,22?,23+,24+,25+,26-,27-,28+,29-/m0/s1. The van der Waals surface area contributed by atoms with Crippen molar-refractivity contribution in [2.45, 2.75) is 121 Å². The summed E-state index contributed by atoms with van der Waals surface area (Å²) in [5.41, 5.74) is -0.607. The van der Waals surface area contributed by atoms with E-state index < -0.39 is 47.8 Å². The van der Waals surface area contributed by atoms with Crippen molar-refractivity contribution in [1.82, 2.24) is 0 Å². The number of aliphatic hydroxyl groups is 5. The zero-order chi connectivity index (χ0) is 27.2. The van der Waals surface area contributed by atoms with Gasteiger partial charge in [0.15, 0.2) is 6.29 Å². The molecule has 0 aromatic heterocycles. The lowest BCUT2D eigenvalue weighted by Crippen LogP contribution is -2.66. The lowest BCUT2D eigenvalue weighted by Gasteiger charge is -2.65. The Morgan fingerprint density at radius 1 is 1.00 bits per heavy atom. The molecule has 4 aliphatic carbocycles. The average Bonchev–Trinajstić information content (AvgIpc) is 3.41. The summed E-state index contributed by atoms with van der Waals surface area (Å²) in [5, 5.41) is 54.7. The van der Waals surface area contributed by atoms with Crippen LogP contribution in [0.25, 0.3) is 0 Å². The van der Waals surface area contributed by atoms with E-state index in [1.165, 1.54) is 0 Å². The van der Waals surface area contributed by atoms with Gasteiger partial charge in [-0.1, -0.05) is 13.8 Å². The zero-order valence-electron chi connectivity index (χ0n) is 22.7. The summed E-state index contributed by atoms with van der Waals surface area (Å²) in [7, 11) is 0. The van der Waals surface area contributed by atoms with Gasteiger partial charge in [-0.2, -0.15) is 0 Å². The summed E-state index contributed by atoms with van der Waals surface area (Å²) in [5.74, 6) is -0.0314. The summed E-state index contributed by atoms with van der Waals surface area (Å²) in [4.78, 5) is 11.8. The van der Waals surface area contributed by atoms with Crippen LogP contribution in [0.15, 0.2) is 11.6 Å². The fourth-order valence-electron chi connectivity index (χ4n) is 9.91. The topological polar surface area (TPSA) is 146 Å². The second kappa shape index (κ2) is 9.23. The molecule has 0 radical (unpaired) electrons. The van der Waals surface area contributed by atoms with Gasteiger partial charge in [0.05, 0.1) is 23.9 Å². The van der Waals surface area contributed by atoms with E-state index in [-0.39, 0.29) is 41.8 Å². The molecule has 0 aromatic carbocycles. The van der Waals surface area contributed by atoms with Crippen molar-refractivity contribution in [3.8, 4) is 0 Å². The molecule has 2 heterocycles. The maximum absolute atomic E-state index is 12.4. The molecule has 9 nitrogen and oxygen atoms in total. The summed E-state index contributed by atoms with van der Waals surface area (Å²) < 4.78 is 17.1. The van der Waals surface area contributed by atoms with Gasteiger partial charge in [-0.25, -0.2) is 4.79 Å². The fourth-order valence-corrected chi connectivity index (χ4v) is 9.91. The summed E-state index contributed by atoms with van der Waals surface area (Å²) in [6, 6.07) is 0. The molecule has 6 rings (SSSR count). The number of carbonyl (C=O) groups is 1. The molecule has 214 valence electrons. The third kappa shape index (κ3) is 3.80. The van der Waals surface area contributed by atoms with E-state index in [4.69, 9.17) is 14.2 Å². The van der Waals surface area contributed by atoms with Crippen LogP contribution in [0.2, 0.25) is 0 Å². The molecular formula is C29H44O9. The summed E-state index contributed by atoms with van der Waals surface area (Å²) in [6.45, 7) is 6.32. The van der Waals surface area contributed by atoms with Crippen LogP contribution >= 0.6 is 0 Å². The van der Waals surface area contributed by atoms with Crippen molar-refractivity contribution in [3.63, 3.8) is 0 Å². The lowest BCUT2D eigenvalue weighted by molar-refractivity contribution is -0.311. The molecule has 5 fully saturated rings. The van der Waals surface area contributed by atoms with Crippen LogP contribution in [-0.2, 0) is 19.0 Å². The molecule has 38 heavy (non-hydrogen) atoms. The van der Waals surface area contributed by atoms with E-state index in [1.54, 1.807) is 13.0 Å². The van der Waals surface area contributed by atoms with Crippen molar-refractivity contribution in [3.05, 3.63) is 11.6 Å². The molecular weight excluding hydrogens is 492 g/mol. The van der Waals surface area contributed by atoms with Gasteiger partial charge < -0.3 is 39.7 Å². The van der Waals surface area contributed by atoms with E-state index in [0.717, 1.165) is 44.1 Å². The molecule has 6 aliphatic rings. The number of esters is 1. The van der Waals surface area contributed by atoms with E-state index in [9.17, 15) is 30.3 Å². The van der Waals surface area contributed by atoms with Gasteiger partial charge in [0.1, 0.15) is 24.9 Å². The first kappa shape index (κ1) is 27.1. The highest BCUT2D eigenvalue weighted by molar-refractivity contribution is 5.85. The monoisotopic (exact) mass is 536 g/mol. The van der Waals surface area contributed by atoms with E-state index >= 15 is 0 Å². The first-order valence-electron chi connectivity index (χ1n) is 14.5. The number of hydrogen-bond acceptors (Lipinski definition) is 9. The van der Waals surface area contributed by atoms with Crippen LogP contribution in [0, 0.1) is 34.5 Å². The Kier molecular flexibility index (Phi) is 6.58. The SMILES string of the molecule is C[C@@H]1O[C@@H](O[C@H]2CC[C@]3(C)C4C(O)C[C@]5(C)C(C6=CC(=O)OC6)CC[C@]5(O)[C@@H]4CC[C@@H]3C2)[C@H](O)[C@H](O)[C@@H]1O. The number of carbonyl (C=O) groups excluding carboxylic acids is 1. The second-order valence-electron chi connectivity index (χ2n) is 13.7. The maximum atomic E-state index is 12.4. The number of fused-ring (bicyclic) bond motifs is 5. The van der Waals surface area contributed by atoms with Gasteiger partial charge in [-0.3, -0.25) is 0 Å². The first-order chi connectivity index (χ1) is 17.9. The molecule has 0 aromatic rings. The van der Waals surface area contributed by atoms with Gasteiger partial charge in [0.25, 0.3) is 0 Å². The minimum absolute atomic E-state index is 0.0143.